The number of rotatable bonds is 0. The van der Waals surface area contributed by atoms with E-state index in [0.717, 1.165) is 0 Å². The molecule has 0 bridgehead atoms. The molecule has 0 amide bonds. The van der Waals surface area contributed by atoms with Crippen LogP contribution in [0.15, 0.2) is 14.4 Å². The molecule has 74 valence electrons. The standard InChI is InChI=1S/C5H4N4O5/c10-3-1-2(7-4(11)6-1)8(13)5(12)9(3)14/h13-14H,(H2,6,7,11). The van der Waals surface area contributed by atoms with E-state index in [1.165, 1.54) is 0 Å². The maximum absolute atomic E-state index is 11.1. The highest BCUT2D eigenvalue weighted by atomic mass is 16.5. The molecule has 0 aliphatic carbocycles. The van der Waals surface area contributed by atoms with Crippen molar-refractivity contribution in [2.45, 2.75) is 0 Å². The van der Waals surface area contributed by atoms with Crippen LogP contribution >= 0.6 is 0 Å². The van der Waals surface area contributed by atoms with E-state index >= 15 is 0 Å². The fraction of sp³-hybridized carbons (Fsp3) is 0. The number of nitrogens with one attached hydrogen (secondary N) is 2. The topological polar surface area (TPSA) is 133 Å². The van der Waals surface area contributed by atoms with Crippen molar-refractivity contribution in [2.75, 3.05) is 0 Å². The van der Waals surface area contributed by atoms with Crippen molar-refractivity contribution >= 4 is 11.2 Å². The molecule has 9 nitrogen and oxygen atoms in total. The molecule has 2 heterocycles. The molecule has 0 saturated heterocycles. The molecule has 2 aromatic heterocycles. The maximum Gasteiger partial charge on any atom is 0.399 e. The molecule has 0 atom stereocenters. The molecule has 4 N–H and O–H groups in total. The van der Waals surface area contributed by atoms with Gasteiger partial charge >= 0.3 is 16.9 Å². The van der Waals surface area contributed by atoms with Gasteiger partial charge in [-0.1, -0.05) is 4.73 Å². The highest BCUT2D eigenvalue weighted by Gasteiger charge is 2.13. The van der Waals surface area contributed by atoms with E-state index < -0.39 is 22.6 Å². The zero-order chi connectivity index (χ0) is 10.5. The molecule has 14 heavy (non-hydrogen) atoms. The third-order valence-corrected chi connectivity index (χ3v) is 1.69. The number of hydrogen-bond acceptors (Lipinski definition) is 5. The molecule has 0 saturated carbocycles. The molecule has 2 aromatic rings. The average Bonchev–Trinajstić information content (AvgIpc) is 2.54. The van der Waals surface area contributed by atoms with Crippen LogP contribution in [-0.2, 0) is 0 Å². The highest BCUT2D eigenvalue weighted by Crippen LogP contribution is 1.93. The van der Waals surface area contributed by atoms with Gasteiger partial charge in [-0.15, -0.1) is 4.73 Å². The summed E-state index contributed by atoms with van der Waals surface area (Å²) in [5.74, 6) is 0. The van der Waals surface area contributed by atoms with Gasteiger partial charge in [0.2, 0.25) is 0 Å². The van der Waals surface area contributed by atoms with Crippen molar-refractivity contribution in [1.29, 1.82) is 0 Å². The van der Waals surface area contributed by atoms with Gasteiger partial charge in [-0.2, -0.15) is 0 Å². The summed E-state index contributed by atoms with van der Waals surface area (Å²) in [5.41, 5.74) is -4.04. The minimum atomic E-state index is -1.36. The molecule has 0 aliphatic heterocycles. The summed E-state index contributed by atoms with van der Waals surface area (Å²) in [7, 11) is 0. The summed E-state index contributed by atoms with van der Waals surface area (Å²) in [6, 6.07) is 0. The first kappa shape index (κ1) is 8.16. The third-order valence-electron chi connectivity index (χ3n) is 1.69. The largest absolute Gasteiger partial charge is 0.422 e. The molecular formula is C5H4N4O5. The maximum atomic E-state index is 11.1. The normalized spacial score (nSPS) is 10.9. The van der Waals surface area contributed by atoms with Crippen LogP contribution in [0.3, 0.4) is 0 Å². The van der Waals surface area contributed by atoms with E-state index in [-0.39, 0.29) is 15.0 Å². The van der Waals surface area contributed by atoms with Gasteiger partial charge in [0.1, 0.15) is 0 Å². The lowest BCUT2D eigenvalue weighted by atomic mass is 10.5. The summed E-state index contributed by atoms with van der Waals surface area (Å²) in [6.45, 7) is 0. The van der Waals surface area contributed by atoms with Gasteiger partial charge < -0.3 is 10.4 Å². The van der Waals surface area contributed by atoms with Gasteiger partial charge in [0.05, 0.1) is 0 Å². The first-order chi connectivity index (χ1) is 6.52. The van der Waals surface area contributed by atoms with E-state index in [9.17, 15) is 14.4 Å². The van der Waals surface area contributed by atoms with E-state index in [4.69, 9.17) is 10.4 Å². The molecule has 0 fully saturated rings. The lowest BCUT2D eigenvalue weighted by Gasteiger charge is -1.98. The van der Waals surface area contributed by atoms with Gasteiger partial charge in [0, 0.05) is 0 Å². The number of fused-ring (bicyclic) bond motifs is 1. The minimum Gasteiger partial charge on any atom is -0.422 e. The van der Waals surface area contributed by atoms with E-state index in [1.807, 2.05) is 9.97 Å². The van der Waals surface area contributed by atoms with Crippen molar-refractivity contribution < 1.29 is 10.4 Å². The van der Waals surface area contributed by atoms with Crippen molar-refractivity contribution in [3.8, 4) is 0 Å². The van der Waals surface area contributed by atoms with Crippen LogP contribution in [-0.4, -0.2) is 29.8 Å². The van der Waals surface area contributed by atoms with Crippen molar-refractivity contribution in [1.82, 2.24) is 19.4 Å². The Kier molecular flexibility index (Phi) is 1.33. The zero-order valence-electron chi connectivity index (χ0n) is 6.51. The van der Waals surface area contributed by atoms with Crippen LogP contribution in [0.5, 0.6) is 0 Å². The third kappa shape index (κ3) is 0.800. The van der Waals surface area contributed by atoms with Gasteiger partial charge in [-0.3, -0.25) is 14.8 Å². The summed E-state index contributed by atoms with van der Waals surface area (Å²) >= 11 is 0. The van der Waals surface area contributed by atoms with Gasteiger partial charge in [0.15, 0.2) is 11.2 Å². The number of nitrogens with zero attached hydrogens (tertiary/aromatic N) is 2. The average molecular weight is 200 g/mol. The molecule has 0 radical (unpaired) electrons. The molecule has 0 aromatic carbocycles. The van der Waals surface area contributed by atoms with E-state index in [1.54, 1.807) is 0 Å². The number of H-pyrrole nitrogens is 2. The molecule has 2 rings (SSSR count). The second-order valence-corrected chi connectivity index (χ2v) is 2.51. The summed E-state index contributed by atoms with van der Waals surface area (Å²) in [6.07, 6.45) is 0. The van der Waals surface area contributed by atoms with Crippen molar-refractivity contribution in [2.24, 2.45) is 0 Å². The molecule has 0 spiro atoms. The second kappa shape index (κ2) is 2.28. The van der Waals surface area contributed by atoms with Crippen LogP contribution < -0.4 is 16.9 Å². The quantitative estimate of drug-likeness (QED) is 0.353. The fourth-order valence-electron chi connectivity index (χ4n) is 1.07. The molecule has 0 aliphatic rings. The molecule has 9 heteroatoms. The smallest absolute Gasteiger partial charge is 0.399 e. The molecular weight excluding hydrogens is 196 g/mol. The lowest BCUT2D eigenvalue weighted by molar-refractivity contribution is 0.110. The Morgan fingerprint density at radius 3 is 2.29 bits per heavy atom. The van der Waals surface area contributed by atoms with Crippen LogP contribution in [0.2, 0.25) is 0 Å². The van der Waals surface area contributed by atoms with Crippen LogP contribution in [0.1, 0.15) is 0 Å². The monoisotopic (exact) mass is 200 g/mol. The highest BCUT2D eigenvalue weighted by molar-refractivity contribution is 5.68. The number of aromatic amines is 2. The van der Waals surface area contributed by atoms with Gasteiger partial charge in [-0.05, 0) is 0 Å². The van der Waals surface area contributed by atoms with Crippen molar-refractivity contribution in [3.63, 3.8) is 0 Å². The Balaban J connectivity index is 3.26. The first-order valence-electron chi connectivity index (χ1n) is 3.41. The predicted octanol–water partition coefficient (Wildman–Crippen LogP) is -2.35. The summed E-state index contributed by atoms with van der Waals surface area (Å²) < 4.78 is -0.360. The Morgan fingerprint density at radius 1 is 1.00 bits per heavy atom. The Bertz CT molecular complexity index is 670. The SMILES string of the molecule is O=c1[nH]c2c(=O)n(O)c(=O)n(O)c2[nH]1. The Hall–Kier alpha value is -2.45. The number of hydrogen-bond donors (Lipinski definition) is 4. The zero-order valence-corrected chi connectivity index (χ0v) is 6.51. The van der Waals surface area contributed by atoms with Gasteiger partial charge in [-0.25, -0.2) is 9.59 Å². The lowest BCUT2D eigenvalue weighted by Crippen LogP contribution is -2.38. The second-order valence-electron chi connectivity index (χ2n) is 2.51. The summed E-state index contributed by atoms with van der Waals surface area (Å²) in [5, 5.41) is 17.9. The van der Waals surface area contributed by atoms with E-state index in [2.05, 4.69) is 0 Å². The van der Waals surface area contributed by atoms with Crippen LogP contribution in [0.4, 0.5) is 0 Å². The van der Waals surface area contributed by atoms with Crippen molar-refractivity contribution in [3.05, 3.63) is 31.3 Å². The number of aromatic nitrogens is 4. The number of imidazole rings is 1. The summed E-state index contributed by atoms with van der Waals surface area (Å²) in [4.78, 5) is 36.8. The van der Waals surface area contributed by atoms with E-state index in [0.29, 0.717) is 0 Å². The minimum absolute atomic E-state index is 0.0470. The fourth-order valence-corrected chi connectivity index (χ4v) is 1.07. The Labute approximate surface area is 73.4 Å². The predicted molar refractivity (Wildman–Crippen MR) is 41.8 cm³/mol. The first-order valence-corrected chi connectivity index (χ1v) is 3.41. The van der Waals surface area contributed by atoms with Gasteiger partial charge in [0.25, 0.3) is 0 Å². The molecule has 0 unspecified atom stereocenters. The van der Waals surface area contributed by atoms with Crippen LogP contribution in [0, 0.1) is 0 Å². The Morgan fingerprint density at radius 2 is 1.64 bits per heavy atom. The van der Waals surface area contributed by atoms with Crippen LogP contribution in [0.25, 0.3) is 11.2 Å².